The average Bonchev–Trinajstić information content (AvgIpc) is 2.97. The summed E-state index contributed by atoms with van der Waals surface area (Å²) in [6.07, 6.45) is 3.25. The highest BCUT2D eigenvalue weighted by molar-refractivity contribution is 5.74. The van der Waals surface area contributed by atoms with Gasteiger partial charge >= 0.3 is 5.97 Å². The Kier molecular flexibility index (Phi) is 3.55. The molecule has 3 rings (SSSR count). The van der Waals surface area contributed by atoms with Crippen molar-refractivity contribution in [3.05, 3.63) is 40.7 Å². The molecule has 22 heavy (non-hydrogen) atoms. The molecule has 0 bridgehead atoms. The van der Waals surface area contributed by atoms with Crippen molar-refractivity contribution in [2.45, 2.75) is 32.0 Å². The van der Waals surface area contributed by atoms with E-state index in [0.29, 0.717) is 28.2 Å². The topological polar surface area (TPSA) is 131 Å². The fourth-order valence-corrected chi connectivity index (χ4v) is 2.77. The molecule has 0 saturated carbocycles. The zero-order chi connectivity index (χ0) is 15.9. The number of hydrogen-bond donors (Lipinski definition) is 5. The Morgan fingerprint density at radius 2 is 2.23 bits per heavy atom. The van der Waals surface area contributed by atoms with E-state index in [9.17, 15) is 20.1 Å². The van der Waals surface area contributed by atoms with Crippen LogP contribution in [0.1, 0.15) is 34.3 Å². The van der Waals surface area contributed by atoms with Gasteiger partial charge in [-0.05, 0) is 6.92 Å². The lowest BCUT2D eigenvalue weighted by atomic mass is 9.91. The first-order valence-corrected chi connectivity index (χ1v) is 6.82. The van der Waals surface area contributed by atoms with Crippen LogP contribution in [0.5, 0.6) is 5.75 Å². The van der Waals surface area contributed by atoms with Crippen LogP contribution in [0.4, 0.5) is 0 Å². The number of carbonyl (C=O) groups is 1. The zero-order valence-corrected chi connectivity index (χ0v) is 11.9. The molecular weight excluding hydrogens is 288 g/mol. The quantitative estimate of drug-likeness (QED) is 0.539. The lowest BCUT2D eigenvalue weighted by molar-refractivity contribution is -0.139. The fourth-order valence-electron chi connectivity index (χ4n) is 2.77. The van der Waals surface area contributed by atoms with Gasteiger partial charge in [-0.25, -0.2) is 4.98 Å². The van der Waals surface area contributed by atoms with E-state index in [4.69, 9.17) is 0 Å². The molecule has 0 aliphatic carbocycles. The van der Waals surface area contributed by atoms with Gasteiger partial charge in [-0.3, -0.25) is 15.1 Å². The number of carboxylic acids is 1. The molecule has 0 amide bonds. The summed E-state index contributed by atoms with van der Waals surface area (Å²) in [5.41, 5.74) is 2.57. The van der Waals surface area contributed by atoms with Crippen LogP contribution in [0.2, 0.25) is 0 Å². The van der Waals surface area contributed by atoms with Crippen molar-refractivity contribution in [2.24, 2.45) is 0 Å². The number of fused-ring (bicyclic) bond motifs is 1. The number of nitrogens with one attached hydrogen (secondary N) is 2. The summed E-state index contributed by atoms with van der Waals surface area (Å²) in [6, 6.07) is -1.43. The summed E-state index contributed by atoms with van der Waals surface area (Å²) in [5.74, 6) is -1.05. The van der Waals surface area contributed by atoms with Gasteiger partial charge < -0.3 is 20.3 Å². The Morgan fingerprint density at radius 3 is 2.91 bits per heavy atom. The van der Waals surface area contributed by atoms with Crippen molar-refractivity contribution in [3.63, 3.8) is 0 Å². The molecule has 0 radical (unpaired) electrons. The molecular formula is C14H16N4O4. The number of pyridine rings is 1. The minimum absolute atomic E-state index is 0.0657. The largest absolute Gasteiger partial charge is 0.506 e. The van der Waals surface area contributed by atoms with Crippen LogP contribution in [0.15, 0.2) is 12.5 Å². The van der Waals surface area contributed by atoms with Crippen molar-refractivity contribution in [1.82, 2.24) is 20.3 Å². The average molecular weight is 304 g/mol. The van der Waals surface area contributed by atoms with E-state index >= 15 is 0 Å². The molecule has 1 aliphatic heterocycles. The third-order valence-corrected chi connectivity index (χ3v) is 3.92. The second kappa shape index (κ2) is 5.39. The number of aryl methyl sites for hydroxylation is 1. The summed E-state index contributed by atoms with van der Waals surface area (Å²) in [6.45, 7) is 1.33. The van der Waals surface area contributed by atoms with Gasteiger partial charge in [0, 0.05) is 29.4 Å². The summed E-state index contributed by atoms with van der Waals surface area (Å²) in [7, 11) is 0. The first-order chi connectivity index (χ1) is 10.5. The smallest absolute Gasteiger partial charge is 0.321 e. The van der Waals surface area contributed by atoms with Gasteiger partial charge in [0.05, 0.1) is 30.4 Å². The Labute approximate surface area is 125 Å². The molecule has 8 nitrogen and oxygen atoms in total. The molecule has 5 N–H and O–H groups in total. The lowest BCUT2D eigenvalue weighted by Gasteiger charge is -2.30. The summed E-state index contributed by atoms with van der Waals surface area (Å²) in [5, 5.41) is 32.1. The van der Waals surface area contributed by atoms with Gasteiger partial charge in [-0.15, -0.1) is 0 Å². The van der Waals surface area contributed by atoms with Gasteiger partial charge in [0.25, 0.3) is 0 Å². The fraction of sp³-hybridized carbons (Fsp3) is 0.357. The van der Waals surface area contributed by atoms with Crippen LogP contribution in [-0.4, -0.2) is 42.3 Å². The van der Waals surface area contributed by atoms with Crippen molar-refractivity contribution >= 4 is 5.97 Å². The number of imidazole rings is 1. The normalized spacial score (nSPS) is 20.6. The number of rotatable bonds is 3. The number of H-pyrrole nitrogens is 1. The van der Waals surface area contributed by atoms with Crippen LogP contribution in [0.25, 0.3) is 0 Å². The third-order valence-electron chi connectivity index (χ3n) is 3.92. The number of aromatic hydroxyl groups is 1. The van der Waals surface area contributed by atoms with Gasteiger partial charge in [-0.1, -0.05) is 0 Å². The number of carboxylic acid groups (broad SMARTS) is 1. The minimum atomic E-state index is -0.985. The van der Waals surface area contributed by atoms with E-state index in [-0.39, 0.29) is 18.8 Å². The highest BCUT2D eigenvalue weighted by Crippen LogP contribution is 2.36. The Balaban J connectivity index is 2.16. The van der Waals surface area contributed by atoms with Crippen molar-refractivity contribution in [3.8, 4) is 5.75 Å². The maximum atomic E-state index is 11.3. The minimum Gasteiger partial charge on any atom is -0.506 e. The summed E-state index contributed by atoms with van der Waals surface area (Å²) >= 11 is 0. The van der Waals surface area contributed by atoms with E-state index in [1.54, 1.807) is 6.92 Å². The van der Waals surface area contributed by atoms with Crippen LogP contribution in [0.3, 0.4) is 0 Å². The SMILES string of the molecule is Cc1ncc(CO)c([C@H]2N[C@@H](C(=O)O)Cc3[nH]cnc32)c1O. The predicted octanol–water partition coefficient (Wildman–Crippen LogP) is -0.000680. The number of aromatic amines is 1. The second-order valence-electron chi connectivity index (χ2n) is 5.25. The highest BCUT2D eigenvalue weighted by Gasteiger charge is 2.35. The van der Waals surface area contributed by atoms with E-state index in [1.165, 1.54) is 12.5 Å². The first kappa shape index (κ1) is 14.5. The zero-order valence-electron chi connectivity index (χ0n) is 11.9. The Bertz CT molecular complexity index is 728. The van der Waals surface area contributed by atoms with Crippen molar-refractivity contribution < 1.29 is 20.1 Å². The van der Waals surface area contributed by atoms with Crippen LogP contribution >= 0.6 is 0 Å². The molecule has 2 aromatic heterocycles. The molecule has 0 unspecified atom stereocenters. The number of aliphatic hydroxyl groups excluding tert-OH is 1. The number of aromatic nitrogens is 3. The van der Waals surface area contributed by atoms with Crippen LogP contribution < -0.4 is 5.32 Å². The molecule has 0 spiro atoms. The molecule has 3 heterocycles. The molecule has 0 saturated heterocycles. The highest BCUT2D eigenvalue weighted by atomic mass is 16.4. The Morgan fingerprint density at radius 1 is 1.45 bits per heavy atom. The summed E-state index contributed by atoms with van der Waals surface area (Å²) < 4.78 is 0. The van der Waals surface area contributed by atoms with Gasteiger partial charge in [-0.2, -0.15) is 0 Å². The molecule has 1 aliphatic rings. The predicted molar refractivity (Wildman–Crippen MR) is 75.3 cm³/mol. The van der Waals surface area contributed by atoms with Crippen LogP contribution in [0, 0.1) is 6.92 Å². The summed E-state index contributed by atoms with van der Waals surface area (Å²) in [4.78, 5) is 22.5. The molecule has 2 aromatic rings. The van der Waals surface area contributed by atoms with Crippen molar-refractivity contribution in [2.75, 3.05) is 0 Å². The maximum absolute atomic E-state index is 11.3. The molecule has 8 heteroatoms. The molecule has 2 atom stereocenters. The van der Waals surface area contributed by atoms with Crippen LogP contribution in [-0.2, 0) is 17.8 Å². The van der Waals surface area contributed by atoms with E-state index in [2.05, 4.69) is 20.3 Å². The Hall–Kier alpha value is -2.45. The number of aliphatic hydroxyl groups is 1. The van der Waals surface area contributed by atoms with Gasteiger partial charge in [0.15, 0.2) is 0 Å². The standard InChI is InChI=1S/C14H16N4O4/c1-6-13(20)10(7(4-19)3-15-6)12-11-8(16-5-17-11)2-9(18-12)14(21)22/h3,5,9,12,18-20H,2,4H2,1H3,(H,16,17)(H,21,22)/t9-,12-/m1/s1. The number of aliphatic carboxylic acids is 1. The van der Waals surface area contributed by atoms with E-state index in [1.807, 2.05) is 0 Å². The van der Waals surface area contributed by atoms with Crippen molar-refractivity contribution in [1.29, 1.82) is 0 Å². The molecule has 0 aromatic carbocycles. The maximum Gasteiger partial charge on any atom is 0.321 e. The van der Waals surface area contributed by atoms with Gasteiger partial charge in [0.1, 0.15) is 11.8 Å². The lowest BCUT2D eigenvalue weighted by Crippen LogP contribution is -2.45. The van der Waals surface area contributed by atoms with E-state index in [0.717, 1.165) is 0 Å². The third kappa shape index (κ3) is 2.22. The molecule has 116 valence electrons. The van der Waals surface area contributed by atoms with E-state index < -0.39 is 18.1 Å². The number of hydrogen-bond acceptors (Lipinski definition) is 6. The number of nitrogens with zero attached hydrogens (tertiary/aromatic N) is 2. The second-order valence-corrected chi connectivity index (χ2v) is 5.25. The molecule has 0 fully saturated rings. The first-order valence-electron chi connectivity index (χ1n) is 6.82. The van der Waals surface area contributed by atoms with Gasteiger partial charge in [0.2, 0.25) is 0 Å². The monoisotopic (exact) mass is 304 g/mol.